The van der Waals surface area contributed by atoms with Gasteiger partial charge in [0.2, 0.25) is 0 Å². The Hall–Kier alpha value is -0.370. The van der Waals surface area contributed by atoms with Crippen molar-refractivity contribution in [2.75, 3.05) is 0 Å². The zero-order valence-corrected chi connectivity index (χ0v) is 6.68. The van der Waals surface area contributed by atoms with Crippen LogP contribution in [0.1, 0.15) is 33.1 Å². The largest absolute Gasteiger partial charge is 0.319 e. The fraction of sp³-hybridized carbons (Fsp3) is 0.875. The first kappa shape index (κ1) is 7.73. The lowest BCUT2D eigenvalue weighted by Gasteiger charge is -2.34. The van der Waals surface area contributed by atoms with Crippen LogP contribution in [0.2, 0.25) is 0 Å². The van der Waals surface area contributed by atoms with Gasteiger partial charge in [-0.3, -0.25) is 4.79 Å². The quantitative estimate of drug-likeness (QED) is 0.548. The first-order chi connectivity index (χ1) is 4.55. The highest BCUT2D eigenvalue weighted by molar-refractivity contribution is 5.88. The summed E-state index contributed by atoms with van der Waals surface area (Å²) in [5.74, 6) is 0.583. The molecule has 0 spiro atoms. The maximum absolute atomic E-state index is 11.2. The molecule has 2 heteroatoms. The Bertz CT molecular complexity index is 151. The van der Waals surface area contributed by atoms with E-state index in [-0.39, 0.29) is 5.78 Å². The van der Waals surface area contributed by atoms with Crippen LogP contribution in [-0.4, -0.2) is 11.3 Å². The number of hydrogen-bond donors (Lipinski definition) is 1. The number of ketones is 1. The third-order valence-corrected chi connectivity index (χ3v) is 2.67. The van der Waals surface area contributed by atoms with E-state index in [0.29, 0.717) is 12.3 Å². The molecule has 0 saturated heterocycles. The molecule has 0 aromatic heterocycles. The number of carbonyl (C=O) groups excluding carboxylic acids is 1. The van der Waals surface area contributed by atoms with Gasteiger partial charge in [0.25, 0.3) is 0 Å². The fourth-order valence-corrected chi connectivity index (χ4v) is 1.41. The second kappa shape index (κ2) is 2.35. The molecule has 1 fully saturated rings. The van der Waals surface area contributed by atoms with Crippen molar-refractivity contribution in [1.29, 1.82) is 0 Å². The van der Waals surface area contributed by atoms with Crippen LogP contribution in [0.3, 0.4) is 0 Å². The summed E-state index contributed by atoms with van der Waals surface area (Å²) in [7, 11) is 0. The van der Waals surface area contributed by atoms with Crippen LogP contribution in [0.5, 0.6) is 0 Å². The van der Waals surface area contributed by atoms with Gasteiger partial charge in [-0.1, -0.05) is 6.92 Å². The average molecular weight is 141 g/mol. The maximum atomic E-state index is 11.2. The van der Waals surface area contributed by atoms with Crippen LogP contribution >= 0.6 is 0 Å². The van der Waals surface area contributed by atoms with Gasteiger partial charge in [0.15, 0.2) is 5.78 Å². The Morgan fingerprint density at radius 3 is 2.70 bits per heavy atom. The smallest absolute Gasteiger partial charge is 0.152 e. The molecule has 0 aromatic rings. The molecule has 0 heterocycles. The van der Waals surface area contributed by atoms with Gasteiger partial charge >= 0.3 is 0 Å². The third-order valence-electron chi connectivity index (χ3n) is 2.67. The molecule has 0 radical (unpaired) electrons. The summed E-state index contributed by atoms with van der Waals surface area (Å²) in [6, 6.07) is 0. The van der Waals surface area contributed by atoms with Crippen LogP contribution < -0.4 is 5.73 Å². The summed E-state index contributed by atoms with van der Waals surface area (Å²) in [4.78, 5) is 11.2. The second-order valence-corrected chi connectivity index (χ2v) is 3.50. The first-order valence-corrected chi connectivity index (χ1v) is 3.87. The highest BCUT2D eigenvalue weighted by Gasteiger charge is 2.36. The number of Topliss-reactive ketones (excluding diaryl/α,β-unsaturated/α-hetero) is 1. The first-order valence-electron chi connectivity index (χ1n) is 3.87. The lowest BCUT2D eigenvalue weighted by atomic mass is 9.75. The van der Waals surface area contributed by atoms with E-state index < -0.39 is 5.54 Å². The molecule has 2 N–H and O–H groups in total. The minimum atomic E-state index is -0.543. The van der Waals surface area contributed by atoms with E-state index in [1.807, 2.05) is 6.92 Å². The lowest BCUT2D eigenvalue weighted by molar-refractivity contribution is -0.127. The van der Waals surface area contributed by atoms with Gasteiger partial charge in [0.1, 0.15) is 0 Å². The van der Waals surface area contributed by atoms with E-state index in [1.165, 1.54) is 0 Å². The standard InChI is InChI=1S/C8H15NO/c1-6-4-3-5-7(10)8(6,2)9/h6H,3-5,9H2,1-2H3. The summed E-state index contributed by atoms with van der Waals surface area (Å²) >= 11 is 0. The van der Waals surface area contributed by atoms with E-state index >= 15 is 0 Å². The Kier molecular flexibility index (Phi) is 1.82. The Morgan fingerprint density at radius 2 is 2.30 bits per heavy atom. The second-order valence-electron chi connectivity index (χ2n) is 3.50. The highest BCUT2D eigenvalue weighted by atomic mass is 16.1. The minimum Gasteiger partial charge on any atom is -0.319 e. The topological polar surface area (TPSA) is 43.1 Å². The minimum absolute atomic E-state index is 0.228. The van der Waals surface area contributed by atoms with E-state index in [0.717, 1.165) is 12.8 Å². The SMILES string of the molecule is CC1CCCC(=O)C1(C)N. The van der Waals surface area contributed by atoms with Crippen molar-refractivity contribution in [3.8, 4) is 0 Å². The van der Waals surface area contributed by atoms with E-state index in [9.17, 15) is 4.79 Å². The molecule has 10 heavy (non-hydrogen) atoms. The van der Waals surface area contributed by atoms with Crippen LogP contribution in [0, 0.1) is 5.92 Å². The molecular weight excluding hydrogens is 126 g/mol. The Labute approximate surface area is 61.8 Å². The van der Waals surface area contributed by atoms with Gasteiger partial charge < -0.3 is 5.73 Å². The predicted octanol–water partition coefficient (Wildman–Crippen LogP) is 1.09. The van der Waals surface area contributed by atoms with E-state index in [4.69, 9.17) is 5.73 Å². The van der Waals surface area contributed by atoms with Crippen molar-refractivity contribution < 1.29 is 4.79 Å². The molecule has 1 rings (SSSR count). The van der Waals surface area contributed by atoms with Crippen molar-refractivity contribution in [3.05, 3.63) is 0 Å². The van der Waals surface area contributed by atoms with E-state index in [2.05, 4.69) is 6.92 Å². The predicted molar refractivity (Wildman–Crippen MR) is 40.6 cm³/mol. The Balaban J connectivity index is 2.73. The molecule has 0 aromatic carbocycles. The van der Waals surface area contributed by atoms with Crippen molar-refractivity contribution in [1.82, 2.24) is 0 Å². The lowest BCUT2D eigenvalue weighted by Crippen LogP contribution is -2.52. The zero-order chi connectivity index (χ0) is 7.78. The van der Waals surface area contributed by atoms with Gasteiger partial charge in [-0.2, -0.15) is 0 Å². The molecule has 0 amide bonds. The fourth-order valence-electron chi connectivity index (χ4n) is 1.41. The van der Waals surface area contributed by atoms with Gasteiger partial charge in [-0.25, -0.2) is 0 Å². The van der Waals surface area contributed by atoms with Crippen molar-refractivity contribution in [2.24, 2.45) is 11.7 Å². The summed E-state index contributed by atoms with van der Waals surface area (Å²) < 4.78 is 0. The van der Waals surface area contributed by atoms with Crippen molar-refractivity contribution in [2.45, 2.75) is 38.6 Å². The van der Waals surface area contributed by atoms with Crippen LogP contribution in [0.25, 0.3) is 0 Å². The highest BCUT2D eigenvalue weighted by Crippen LogP contribution is 2.27. The number of nitrogens with two attached hydrogens (primary N) is 1. The Morgan fingerprint density at radius 1 is 1.70 bits per heavy atom. The van der Waals surface area contributed by atoms with Crippen LogP contribution in [-0.2, 0) is 4.79 Å². The average Bonchev–Trinajstić information content (AvgIpc) is 1.84. The number of rotatable bonds is 0. The van der Waals surface area contributed by atoms with Gasteiger partial charge in [-0.15, -0.1) is 0 Å². The monoisotopic (exact) mass is 141 g/mol. The number of carbonyl (C=O) groups is 1. The van der Waals surface area contributed by atoms with Gasteiger partial charge in [0.05, 0.1) is 5.54 Å². The molecule has 0 bridgehead atoms. The molecular formula is C8H15NO. The van der Waals surface area contributed by atoms with E-state index in [1.54, 1.807) is 0 Å². The molecule has 2 atom stereocenters. The molecule has 58 valence electrons. The van der Waals surface area contributed by atoms with Crippen molar-refractivity contribution >= 4 is 5.78 Å². The molecule has 1 saturated carbocycles. The van der Waals surface area contributed by atoms with Crippen LogP contribution in [0.15, 0.2) is 0 Å². The maximum Gasteiger partial charge on any atom is 0.152 e. The summed E-state index contributed by atoms with van der Waals surface area (Å²) in [6.07, 6.45) is 2.79. The van der Waals surface area contributed by atoms with Crippen molar-refractivity contribution in [3.63, 3.8) is 0 Å². The molecule has 1 aliphatic rings. The molecule has 1 aliphatic carbocycles. The molecule has 2 unspecified atom stereocenters. The summed E-state index contributed by atoms with van der Waals surface area (Å²) in [5.41, 5.74) is 5.27. The molecule has 2 nitrogen and oxygen atoms in total. The normalized spacial score (nSPS) is 41.9. The molecule has 0 aliphatic heterocycles. The van der Waals surface area contributed by atoms with Gasteiger partial charge in [-0.05, 0) is 25.7 Å². The number of hydrogen-bond acceptors (Lipinski definition) is 2. The summed E-state index contributed by atoms with van der Waals surface area (Å²) in [5, 5.41) is 0. The zero-order valence-electron chi connectivity index (χ0n) is 6.68. The third kappa shape index (κ3) is 1.08. The van der Waals surface area contributed by atoms with Crippen LogP contribution in [0.4, 0.5) is 0 Å². The van der Waals surface area contributed by atoms with Gasteiger partial charge in [0, 0.05) is 6.42 Å². The summed E-state index contributed by atoms with van der Waals surface area (Å²) in [6.45, 7) is 3.90.